The molecule has 1 aliphatic heterocycles. The Morgan fingerprint density at radius 3 is 1.61 bits per heavy atom. The average Bonchev–Trinajstić information content (AvgIpc) is 3.32. The maximum Gasteiger partial charge on any atom is 0.203 e. The Balaban J connectivity index is 1.99. The highest BCUT2D eigenvalue weighted by Gasteiger charge is 2.33. The van der Waals surface area contributed by atoms with Crippen molar-refractivity contribution in [2.75, 3.05) is 35.5 Å². The number of sulfone groups is 1. The lowest BCUT2D eigenvalue weighted by molar-refractivity contribution is 0.323. The maximum absolute atomic E-state index is 12.9. The summed E-state index contributed by atoms with van der Waals surface area (Å²) < 4.78 is 53.1. The van der Waals surface area contributed by atoms with Crippen molar-refractivity contribution in [1.29, 1.82) is 0 Å². The standard InChI is InChI=1S/C23H31NO7S2/c1-13(24)33(25,26)21-12-15(11-18(29-4)23(21)31-6)20-8-7-19(32-20)14-9-16(27-2)22(30-5)17(10-14)28-3/h9-13,19-20H,7-8,24H2,1-6H3/t13?,19-,20-/m0/s1. The first kappa shape index (κ1) is 25.3. The normalized spacial score (nSPS) is 19.1. The average molecular weight is 498 g/mol. The fourth-order valence-corrected chi connectivity index (χ4v) is 6.63. The van der Waals surface area contributed by atoms with Gasteiger partial charge in [0.25, 0.3) is 0 Å². The number of hydrogen-bond acceptors (Lipinski definition) is 9. The Morgan fingerprint density at radius 2 is 1.21 bits per heavy atom. The second-order valence-corrected chi connectivity index (χ2v) is 11.3. The van der Waals surface area contributed by atoms with E-state index in [2.05, 4.69) is 0 Å². The minimum absolute atomic E-state index is 0.0474. The van der Waals surface area contributed by atoms with Crippen LogP contribution in [0.5, 0.6) is 28.7 Å². The van der Waals surface area contributed by atoms with Gasteiger partial charge in [-0.1, -0.05) is 0 Å². The Hall–Kier alpha value is -2.30. The third-order valence-corrected chi connectivity index (χ3v) is 9.28. The third-order valence-electron chi connectivity index (χ3n) is 5.71. The van der Waals surface area contributed by atoms with Gasteiger partial charge in [0.2, 0.25) is 5.75 Å². The predicted molar refractivity (Wildman–Crippen MR) is 129 cm³/mol. The summed E-state index contributed by atoms with van der Waals surface area (Å²) in [6, 6.07) is 7.42. The van der Waals surface area contributed by atoms with Gasteiger partial charge < -0.3 is 29.4 Å². The Morgan fingerprint density at radius 1 is 0.788 bits per heavy atom. The van der Waals surface area contributed by atoms with Crippen LogP contribution in [0.1, 0.15) is 41.4 Å². The summed E-state index contributed by atoms with van der Waals surface area (Å²) in [4.78, 5) is 0.0474. The molecule has 1 saturated heterocycles. The first-order valence-electron chi connectivity index (χ1n) is 10.4. The molecule has 0 spiro atoms. The number of thioether (sulfide) groups is 1. The zero-order valence-corrected chi connectivity index (χ0v) is 21.3. The summed E-state index contributed by atoms with van der Waals surface area (Å²) in [5, 5.41) is -0.837. The minimum atomic E-state index is -3.78. The van der Waals surface area contributed by atoms with E-state index in [0.29, 0.717) is 23.0 Å². The van der Waals surface area contributed by atoms with Crippen molar-refractivity contribution < 1.29 is 32.1 Å². The van der Waals surface area contributed by atoms with Crippen LogP contribution in [0.3, 0.4) is 0 Å². The van der Waals surface area contributed by atoms with E-state index >= 15 is 0 Å². The minimum Gasteiger partial charge on any atom is -0.493 e. The summed E-state index contributed by atoms with van der Waals surface area (Å²) in [5.74, 6) is 2.29. The molecule has 2 N–H and O–H groups in total. The summed E-state index contributed by atoms with van der Waals surface area (Å²) in [6.45, 7) is 1.44. The molecule has 0 radical (unpaired) electrons. The van der Waals surface area contributed by atoms with Crippen LogP contribution in [0.2, 0.25) is 0 Å². The lowest BCUT2D eigenvalue weighted by Crippen LogP contribution is -2.27. The Bertz CT molecular complexity index is 1080. The molecule has 1 heterocycles. The van der Waals surface area contributed by atoms with Crippen molar-refractivity contribution >= 4 is 21.6 Å². The fraction of sp³-hybridized carbons (Fsp3) is 0.478. The van der Waals surface area contributed by atoms with Crippen LogP contribution in [0.15, 0.2) is 29.2 Å². The monoisotopic (exact) mass is 497 g/mol. The van der Waals surface area contributed by atoms with Gasteiger partial charge >= 0.3 is 0 Å². The number of methoxy groups -OCH3 is 5. The molecule has 0 aromatic heterocycles. The van der Waals surface area contributed by atoms with Gasteiger partial charge in [0, 0.05) is 10.5 Å². The lowest BCUT2D eigenvalue weighted by atomic mass is 10.0. The number of hydrogen-bond donors (Lipinski definition) is 1. The van der Waals surface area contributed by atoms with Crippen molar-refractivity contribution in [1.82, 2.24) is 0 Å². The largest absolute Gasteiger partial charge is 0.493 e. The molecule has 10 heteroatoms. The van der Waals surface area contributed by atoms with Crippen LogP contribution in [-0.4, -0.2) is 49.3 Å². The molecule has 1 fully saturated rings. The van der Waals surface area contributed by atoms with E-state index in [1.165, 1.54) is 21.1 Å². The van der Waals surface area contributed by atoms with E-state index in [9.17, 15) is 8.42 Å². The second-order valence-electron chi connectivity index (χ2n) is 7.65. The van der Waals surface area contributed by atoms with Crippen LogP contribution in [0.4, 0.5) is 0 Å². The van der Waals surface area contributed by atoms with E-state index in [4.69, 9.17) is 29.4 Å². The molecule has 3 rings (SSSR count). The molecule has 2 aromatic carbocycles. The molecule has 1 unspecified atom stereocenters. The van der Waals surface area contributed by atoms with Crippen LogP contribution in [-0.2, 0) is 9.84 Å². The first-order chi connectivity index (χ1) is 15.7. The van der Waals surface area contributed by atoms with Crippen molar-refractivity contribution in [2.24, 2.45) is 5.73 Å². The predicted octanol–water partition coefficient (Wildman–Crippen LogP) is 4.12. The SMILES string of the molecule is COc1cc([C@@H]2CC[C@@H](c3cc(OC)c(OC)c(S(=O)(=O)C(C)N)c3)S2)cc(OC)c1OC. The molecule has 3 atom stereocenters. The van der Waals surface area contributed by atoms with Crippen molar-refractivity contribution in [3.05, 3.63) is 35.4 Å². The maximum atomic E-state index is 12.9. The number of ether oxygens (including phenoxy) is 5. The summed E-state index contributed by atoms with van der Waals surface area (Å²) >= 11 is 1.75. The van der Waals surface area contributed by atoms with Gasteiger partial charge in [-0.15, -0.1) is 11.8 Å². The van der Waals surface area contributed by atoms with Gasteiger partial charge in [0.15, 0.2) is 32.8 Å². The quantitative estimate of drug-likeness (QED) is 0.547. The molecule has 0 aliphatic carbocycles. The highest BCUT2D eigenvalue weighted by Crippen LogP contribution is 2.55. The van der Waals surface area contributed by atoms with E-state index in [1.807, 2.05) is 18.2 Å². The van der Waals surface area contributed by atoms with E-state index in [-0.39, 0.29) is 21.1 Å². The highest BCUT2D eigenvalue weighted by molar-refractivity contribution is 8.00. The van der Waals surface area contributed by atoms with Crippen molar-refractivity contribution in [2.45, 2.75) is 40.5 Å². The topological polar surface area (TPSA) is 106 Å². The zero-order chi connectivity index (χ0) is 24.3. The lowest BCUT2D eigenvalue weighted by Gasteiger charge is -2.20. The van der Waals surface area contributed by atoms with Gasteiger partial charge in [0.1, 0.15) is 10.3 Å². The molecule has 0 amide bonds. The van der Waals surface area contributed by atoms with Crippen LogP contribution in [0, 0.1) is 0 Å². The number of rotatable bonds is 9. The first-order valence-corrected chi connectivity index (χ1v) is 12.9. The molecule has 182 valence electrons. The van der Waals surface area contributed by atoms with Crippen LogP contribution >= 0.6 is 11.8 Å². The van der Waals surface area contributed by atoms with Gasteiger partial charge in [0.05, 0.1) is 35.5 Å². The molecule has 33 heavy (non-hydrogen) atoms. The van der Waals surface area contributed by atoms with Crippen molar-refractivity contribution in [3.8, 4) is 28.7 Å². The third kappa shape index (κ3) is 4.83. The molecule has 1 aliphatic rings. The Kier molecular flexibility index (Phi) is 7.92. The molecular weight excluding hydrogens is 466 g/mol. The molecule has 2 aromatic rings. The van der Waals surface area contributed by atoms with E-state index < -0.39 is 15.2 Å². The smallest absolute Gasteiger partial charge is 0.203 e. The molecule has 0 saturated carbocycles. The van der Waals surface area contributed by atoms with Gasteiger partial charge in [-0.2, -0.15) is 0 Å². The van der Waals surface area contributed by atoms with E-state index in [0.717, 1.165) is 24.0 Å². The Labute approximate surface area is 199 Å². The summed E-state index contributed by atoms with van der Waals surface area (Å²) in [5.41, 5.74) is 7.68. The summed E-state index contributed by atoms with van der Waals surface area (Å²) in [7, 11) is 3.89. The van der Waals surface area contributed by atoms with Crippen molar-refractivity contribution in [3.63, 3.8) is 0 Å². The van der Waals surface area contributed by atoms with E-state index in [1.54, 1.807) is 39.2 Å². The van der Waals surface area contributed by atoms with Gasteiger partial charge in [-0.25, -0.2) is 8.42 Å². The number of nitrogens with two attached hydrogens (primary N) is 1. The van der Waals surface area contributed by atoms with Crippen LogP contribution in [0.25, 0.3) is 0 Å². The zero-order valence-electron chi connectivity index (χ0n) is 19.7. The molecule has 0 bridgehead atoms. The van der Waals surface area contributed by atoms with Crippen LogP contribution < -0.4 is 29.4 Å². The molecule has 8 nitrogen and oxygen atoms in total. The number of benzene rings is 2. The fourth-order valence-electron chi connectivity index (χ4n) is 3.96. The highest BCUT2D eigenvalue weighted by atomic mass is 32.2. The van der Waals surface area contributed by atoms with Gasteiger partial charge in [-0.05, 0) is 55.2 Å². The van der Waals surface area contributed by atoms with Gasteiger partial charge in [-0.3, -0.25) is 0 Å². The summed E-state index contributed by atoms with van der Waals surface area (Å²) in [6.07, 6.45) is 1.76. The molecular formula is C23H31NO7S2. The second kappa shape index (κ2) is 10.3.